The second kappa shape index (κ2) is 6.57. The number of aromatic nitrogens is 2. The normalized spacial score (nSPS) is 12.7. The third-order valence-corrected chi connectivity index (χ3v) is 3.49. The highest BCUT2D eigenvalue weighted by atomic mass is 16.5. The number of ether oxygens (including phenoxy) is 1. The lowest BCUT2D eigenvalue weighted by atomic mass is 10.0. The van der Waals surface area contributed by atoms with E-state index >= 15 is 0 Å². The third kappa shape index (κ3) is 3.20. The van der Waals surface area contributed by atoms with E-state index in [1.807, 2.05) is 22.9 Å². The van der Waals surface area contributed by atoms with Crippen molar-refractivity contribution in [2.45, 2.75) is 38.8 Å². The van der Waals surface area contributed by atoms with Crippen molar-refractivity contribution in [1.29, 1.82) is 0 Å². The Labute approximate surface area is 120 Å². The largest absolute Gasteiger partial charge is 0.493 e. The van der Waals surface area contributed by atoms with Crippen molar-refractivity contribution in [3.8, 4) is 5.75 Å². The molecule has 108 valence electrons. The van der Waals surface area contributed by atoms with Crippen LogP contribution in [0.1, 0.15) is 43.6 Å². The van der Waals surface area contributed by atoms with E-state index < -0.39 is 0 Å². The van der Waals surface area contributed by atoms with Gasteiger partial charge in [-0.25, -0.2) is 0 Å². The maximum absolute atomic E-state index is 6.26. The molecular weight excluding hydrogens is 250 g/mol. The maximum atomic E-state index is 6.26. The number of methoxy groups -OCH3 is 1. The molecule has 0 amide bonds. The summed E-state index contributed by atoms with van der Waals surface area (Å²) in [6.07, 6.45) is 3.51. The molecule has 1 aromatic heterocycles. The van der Waals surface area contributed by atoms with Crippen LogP contribution in [0.15, 0.2) is 36.5 Å². The molecule has 1 unspecified atom stereocenters. The molecule has 0 radical (unpaired) electrons. The molecule has 1 atom stereocenters. The highest BCUT2D eigenvalue weighted by Crippen LogP contribution is 2.25. The van der Waals surface area contributed by atoms with Crippen LogP contribution in [0.2, 0.25) is 0 Å². The second-order valence-corrected chi connectivity index (χ2v) is 5.25. The van der Waals surface area contributed by atoms with E-state index in [4.69, 9.17) is 10.5 Å². The minimum atomic E-state index is 0.0384. The number of benzene rings is 1. The van der Waals surface area contributed by atoms with E-state index in [1.54, 1.807) is 13.3 Å². The summed E-state index contributed by atoms with van der Waals surface area (Å²) >= 11 is 0. The van der Waals surface area contributed by atoms with Gasteiger partial charge in [0, 0.05) is 12.1 Å². The predicted octanol–water partition coefficient (Wildman–Crippen LogP) is 3.11. The number of rotatable bonds is 6. The first kappa shape index (κ1) is 14.6. The molecule has 1 heterocycles. The third-order valence-electron chi connectivity index (χ3n) is 3.49. The van der Waals surface area contributed by atoms with Gasteiger partial charge in [-0.15, -0.1) is 0 Å². The molecule has 4 heteroatoms. The van der Waals surface area contributed by atoms with E-state index in [9.17, 15) is 0 Å². The zero-order valence-corrected chi connectivity index (χ0v) is 12.4. The molecule has 0 saturated heterocycles. The molecule has 0 aliphatic heterocycles. The molecule has 2 rings (SSSR count). The Balaban J connectivity index is 2.09. The van der Waals surface area contributed by atoms with E-state index in [-0.39, 0.29) is 6.04 Å². The first-order valence-corrected chi connectivity index (χ1v) is 7.04. The predicted molar refractivity (Wildman–Crippen MR) is 80.9 cm³/mol. The van der Waals surface area contributed by atoms with Crippen LogP contribution < -0.4 is 10.5 Å². The SMILES string of the molecule is COc1cnn(C(C)C)c1CCC(N)c1ccccc1. The van der Waals surface area contributed by atoms with Crippen molar-refractivity contribution in [1.82, 2.24) is 9.78 Å². The van der Waals surface area contributed by atoms with Gasteiger partial charge in [0.1, 0.15) is 0 Å². The standard InChI is InChI=1S/C16H23N3O/c1-12(2)19-15(16(20-3)11-18-19)10-9-14(17)13-7-5-4-6-8-13/h4-8,11-12,14H,9-10,17H2,1-3H3. The Morgan fingerprint density at radius 1 is 1.25 bits per heavy atom. The van der Waals surface area contributed by atoms with Gasteiger partial charge in [0.25, 0.3) is 0 Å². The van der Waals surface area contributed by atoms with Crippen LogP contribution in [0.3, 0.4) is 0 Å². The van der Waals surface area contributed by atoms with Gasteiger partial charge in [0.05, 0.1) is 19.0 Å². The van der Waals surface area contributed by atoms with Crippen molar-refractivity contribution in [2.24, 2.45) is 5.73 Å². The monoisotopic (exact) mass is 273 g/mol. The summed E-state index contributed by atoms with van der Waals surface area (Å²) in [5.41, 5.74) is 8.55. The fourth-order valence-electron chi connectivity index (χ4n) is 2.38. The van der Waals surface area contributed by atoms with Crippen molar-refractivity contribution < 1.29 is 4.74 Å². The van der Waals surface area contributed by atoms with E-state index in [0.29, 0.717) is 6.04 Å². The fraction of sp³-hybridized carbons (Fsp3) is 0.438. The van der Waals surface area contributed by atoms with Crippen LogP contribution >= 0.6 is 0 Å². The highest BCUT2D eigenvalue weighted by Gasteiger charge is 2.15. The first-order chi connectivity index (χ1) is 9.63. The van der Waals surface area contributed by atoms with Gasteiger partial charge < -0.3 is 10.5 Å². The number of hydrogen-bond acceptors (Lipinski definition) is 3. The van der Waals surface area contributed by atoms with Crippen molar-refractivity contribution in [3.05, 3.63) is 47.8 Å². The van der Waals surface area contributed by atoms with Crippen LogP contribution in [0.4, 0.5) is 0 Å². The molecular formula is C16H23N3O. The molecule has 2 aromatic rings. The van der Waals surface area contributed by atoms with Crippen molar-refractivity contribution in [2.75, 3.05) is 7.11 Å². The summed E-state index contributed by atoms with van der Waals surface area (Å²) in [4.78, 5) is 0. The lowest BCUT2D eigenvalue weighted by molar-refractivity contribution is 0.402. The van der Waals surface area contributed by atoms with Crippen LogP contribution in [0, 0.1) is 0 Å². The lowest BCUT2D eigenvalue weighted by Gasteiger charge is -2.15. The number of hydrogen-bond donors (Lipinski definition) is 1. The smallest absolute Gasteiger partial charge is 0.159 e. The molecule has 0 aliphatic carbocycles. The average molecular weight is 273 g/mol. The minimum absolute atomic E-state index is 0.0384. The highest BCUT2D eigenvalue weighted by molar-refractivity contribution is 5.26. The Morgan fingerprint density at radius 2 is 1.95 bits per heavy atom. The summed E-state index contributed by atoms with van der Waals surface area (Å²) in [6.45, 7) is 4.24. The maximum Gasteiger partial charge on any atom is 0.159 e. The second-order valence-electron chi connectivity index (χ2n) is 5.25. The van der Waals surface area contributed by atoms with Gasteiger partial charge in [-0.1, -0.05) is 30.3 Å². The lowest BCUT2D eigenvalue weighted by Crippen LogP contribution is -2.14. The summed E-state index contributed by atoms with van der Waals surface area (Å²) in [6, 6.07) is 10.6. The van der Waals surface area contributed by atoms with Gasteiger partial charge in [-0.2, -0.15) is 5.10 Å². The molecule has 0 saturated carbocycles. The number of nitrogens with two attached hydrogens (primary N) is 1. The van der Waals surface area contributed by atoms with Crippen molar-refractivity contribution >= 4 is 0 Å². The Morgan fingerprint density at radius 3 is 2.55 bits per heavy atom. The Kier molecular flexibility index (Phi) is 4.79. The first-order valence-electron chi connectivity index (χ1n) is 7.04. The summed E-state index contributed by atoms with van der Waals surface area (Å²) in [5.74, 6) is 0.846. The molecule has 1 aromatic carbocycles. The Bertz CT molecular complexity index is 534. The quantitative estimate of drug-likeness (QED) is 0.880. The fourth-order valence-corrected chi connectivity index (χ4v) is 2.38. The number of nitrogens with zero attached hydrogens (tertiary/aromatic N) is 2. The van der Waals surface area contributed by atoms with Crippen LogP contribution in [0.25, 0.3) is 0 Å². The average Bonchev–Trinajstić information content (AvgIpc) is 2.88. The summed E-state index contributed by atoms with van der Waals surface area (Å²) < 4.78 is 7.40. The Hall–Kier alpha value is -1.81. The van der Waals surface area contributed by atoms with Crippen LogP contribution in [-0.2, 0) is 6.42 Å². The molecule has 0 aliphatic rings. The molecule has 4 nitrogen and oxygen atoms in total. The topological polar surface area (TPSA) is 53.1 Å². The van der Waals surface area contributed by atoms with Gasteiger partial charge in [-0.05, 0) is 32.3 Å². The van der Waals surface area contributed by atoms with Crippen molar-refractivity contribution in [3.63, 3.8) is 0 Å². The van der Waals surface area contributed by atoms with Gasteiger partial charge in [0.15, 0.2) is 5.75 Å². The van der Waals surface area contributed by atoms with Crippen LogP contribution in [0.5, 0.6) is 5.75 Å². The zero-order chi connectivity index (χ0) is 14.5. The van der Waals surface area contributed by atoms with E-state index in [2.05, 4.69) is 31.1 Å². The molecule has 0 spiro atoms. The minimum Gasteiger partial charge on any atom is -0.493 e. The molecule has 0 bridgehead atoms. The van der Waals surface area contributed by atoms with E-state index in [1.165, 1.54) is 5.56 Å². The van der Waals surface area contributed by atoms with Gasteiger partial charge in [-0.3, -0.25) is 4.68 Å². The van der Waals surface area contributed by atoms with Crippen LogP contribution in [-0.4, -0.2) is 16.9 Å². The molecule has 0 fully saturated rings. The molecule has 2 N–H and O–H groups in total. The van der Waals surface area contributed by atoms with E-state index in [0.717, 1.165) is 24.3 Å². The summed E-state index contributed by atoms with van der Waals surface area (Å²) in [7, 11) is 1.68. The molecule has 20 heavy (non-hydrogen) atoms. The summed E-state index contributed by atoms with van der Waals surface area (Å²) in [5, 5.41) is 4.39. The van der Waals surface area contributed by atoms with Gasteiger partial charge >= 0.3 is 0 Å². The zero-order valence-electron chi connectivity index (χ0n) is 12.4. The van der Waals surface area contributed by atoms with Gasteiger partial charge in [0.2, 0.25) is 0 Å².